The summed E-state index contributed by atoms with van der Waals surface area (Å²) in [4.78, 5) is 19.1. The highest BCUT2D eigenvalue weighted by molar-refractivity contribution is 5.92. The first kappa shape index (κ1) is 10.9. The second kappa shape index (κ2) is 3.43. The molecule has 0 aliphatic heterocycles. The van der Waals surface area contributed by atoms with Crippen molar-refractivity contribution in [1.29, 1.82) is 0 Å². The van der Waals surface area contributed by atoms with Gasteiger partial charge >= 0.3 is 5.97 Å². The summed E-state index contributed by atoms with van der Waals surface area (Å²) in [6.07, 6.45) is 4.26. The third-order valence-electron chi connectivity index (χ3n) is 5.80. The van der Waals surface area contributed by atoms with E-state index in [1.54, 1.807) is 12.1 Å². The zero-order valence-electron chi connectivity index (χ0n) is 11.0. The van der Waals surface area contributed by atoms with Gasteiger partial charge in [-0.05, 0) is 61.1 Å². The van der Waals surface area contributed by atoms with Gasteiger partial charge in [-0.25, -0.2) is 9.78 Å². The number of hydrogen-bond acceptors (Lipinski definition) is 2. The van der Waals surface area contributed by atoms with Gasteiger partial charge in [0.15, 0.2) is 0 Å². The molecule has 3 aliphatic carbocycles. The quantitative estimate of drug-likeness (QED) is 0.879. The first-order valence-corrected chi connectivity index (χ1v) is 7.45. The topological polar surface area (TPSA) is 66.0 Å². The van der Waals surface area contributed by atoms with Gasteiger partial charge in [0.1, 0.15) is 5.82 Å². The molecule has 0 spiro atoms. The molecule has 102 valence electrons. The molecule has 4 nitrogen and oxygen atoms in total. The summed E-state index contributed by atoms with van der Waals surface area (Å²) in [5, 5.41) is 9.05. The Morgan fingerprint density at radius 2 is 2.00 bits per heavy atom. The Morgan fingerprint density at radius 3 is 2.70 bits per heavy atom. The molecule has 4 heteroatoms. The van der Waals surface area contributed by atoms with Crippen LogP contribution in [0.2, 0.25) is 0 Å². The second-order valence-electron chi connectivity index (χ2n) is 6.67. The van der Waals surface area contributed by atoms with Crippen molar-refractivity contribution < 1.29 is 9.90 Å². The van der Waals surface area contributed by atoms with E-state index in [-0.39, 0.29) is 0 Å². The number of imidazole rings is 1. The molecule has 1 aromatic carbocycles. The van der Waals surface area contributed by atoms with E-state index in [2.05, 4.69) is 4.98 Å². The number of H-pyrrole nitrogens is 1. The smallest absolute Gasteiger partial charge is 0.335 e. The van der Waals surface area contributed by atoms with Gasteiger partial charge in [-0.3, -0.25) is 0 Å². The van der Waals surface area contributed by atoms with Gasteiger partial charge in [0.2, 0.25) is 0 Å². The second-order valence-corrected chi connectivity index (χ2v) is 6.67. The van der Waals surface area contributed by atoms with Crippen LogP contribution in [-0.2, 0) is 0 Å². The maximum Gasteiger partial charge on any atom is 0.335 e. The SMILES string of the molecule is O=C(O)c1ccc2nc(C3C4C5CCC(C5)C34)[nH]c2c1. The summed E-state index contributed by atoms with van der Waals surface area (Å²) in [7, 11) is 0. The van der Waals surface area contributed by atoms with Crippen LogP contribution in [0.25, 0.3) is 11.0 Å². The maximum atomic E-state index is 11.0. The molecule has 20 heavy (non-hydrogen) atoms. The normalized spacial score (nSPS) is 37.3. The molecule has 2 N–H and O–H groups in total. The number of aromatic amines is 1. The van der Waals surface area contributed by atoms with Crippen molar-refractivity contribution >= 4 is 17.0 Å². The Bertz CT molecular complexity index is 719. The molecule has 3 saturated carbocycles. The number of rotatable bonds is 2. The van der Waals surface area contributed by atoms with Crippen LogP contribution in [0.1, 0.15) is 41.4 Å². The summed E-state index contributed by atoms with van der Waals surface area (Å²) in [5.41, 5.74) is 2.07. The lowest BCUT2D eigenvalue weighted by molar-refractivity contribution is 0.0697. The maximum absolute atomic E-state index is 11.0. The van der Waals surface area contributed by atoms with E-state index in [0.717, 1.165) is 40.5 Å². The Kier molecular flexibility index (Phi) is 1.87. The highest BCUT2D eigenvalue weighted by Gasteiger charge is 2.66. The van der Waals surface area contributed by atoms with E-state index < -0.39 is 5.97 Å². The highest BCUT2D eigenvalue weighted by Crippen LogP contribution is 2.72. The zero-order chi connectivity index (χ0) is 13.4. The molecule has 3 fully saturated rings. The summed E-state index contributed by atoms with van der Waals surface area (Å²) in [5.74, 6) is 4.39. The monoisotopic (exact) mass is 268 g/mol. The minimum Gasteiger partial charge on any atom is -0.478 e. The van der Waals surface area contributed by atoms with Gasteiger partial charge in [-0.15, -0.1) is 0 Å². The van der Waals surface area contributed by atoms with Crippen molar-refractivity contribution in [2.75, 3.05) is 0 Å². The lowest BCUT2D eigenvalue weighted by atomic mass is 10.0. The van der Waals surface area contributed by atoms with Gasteiger partial charge in [0.25, 0.3) is 0 Å². The number of fused-ring (bicyclic) bond motifs is 6. The molecular formula is C16H16N2O2. The van der Waals surface area contributed by atoms with Crippen LogP contribution >= 0.6 is 0 Å². The first-order chi connectivity index (χ1) is 9.72. The number of carboxylic acid groups (broad SMARTS) is 1. The van der Waals surface area contributed by atoms with Crippen molar-refractivity contribution in [1.82, 2.24) is 9.97 Å². The Balaban J connectivity index is 1.53. The van der Waals surface area contributed by atoms with Crippen LogP contribution in [0.15, 0.2) is 18.2 Å². The molecule has 1 heterocycles. The predicted octanol–water partition coefficient (Wildman–Crippen LogP) is 3.02. The average Bonchev–Trinajstić information content (AvgIpc) is 2.82. The van der Waals surface area contributed by atoms with Crippen molar-refractivity contribution in [3.63, 3.8) is 0 Å². The zero-order valence-corrected chi connectivity index (χ0v) is 11.0. The van der Waals surface area contributed by atoms with E-state index >= 15 is 0 Å². The van der Waals surface area contributed by atoms with Gasteiger partial charge in [-0.2, -0.15) is 0 Å². The Morgan fingerprint density at radius 1 is 1.25 bits per heavy atom. The van der Waals surface area contributed by atoms with Crippen molar-refractivity contribution in [2.24, 2.45) is 23.7 Å². The molecule has 1 aromatic heterocycles. The van der Waals surface area contributed by atoms with Crippen molar-refractivity contribution in [3.8, 4) is 0 Å². The summed E-state index contributed by atoms with van der Waals surface area (Å²) < 4.78 is 0. The predicted molar refractivity (Wildman–Crippen MR) is 73.6 cm³/mol. The fraction of sp³-hybridized carbons (Fsp3) is 0.500. The molecule has 0 amide bonds. The van der Waals surface area contributed by atoms with E-state index in [4.69, 9.17) is 10.1 Å². The molecule has 2 bridgehead atoms. The number of nitrogens with zero attached hydrogens (tertiary/aromatic N) is 1. The van der Waals surface area contributed by atoms with Crippen LogP contribution in [0.4, 0.5) is 0 Å². The summed E-state index contributed by atoms with van der Waals surface area (Å²) in [6.45, 7) is 0. The molecule has 3 aliphatic rings. The molecule has 0 saturated heterocycles. The van der Waals surface area contributed by atoms with Crippen LogP contribution in [0.3, 0.4) is 0 Å². The van der Waals surface area contributed by atoms with Crippen LogP contribution in [-0.4, -0.2) is 21.0 Å². The Labute approximate surface area is 116 Å². The molecular weight excluding hydrogens is 252 g/mol. The van der Waals surface area contributed by atoms with E-state index in [0.29, 0.717) is 11.5 Å². The highest BCUT2D eigenvalue weighted by atomic mass is 16.4. The minimum absolute atomic E-state index is 0.323. The van der Waals surface area contributed by atoms with E-state index in [1.165, 1.54) is 19.3 Å². The van der Waals surface area contributed by atoms with E-state index in [9.17, 15) is 4.79 Å². The number of aromatic nitrogens is 2. The molecule has 0 radical (unpaired) electrons. The fourth-order valence-corrected chi connectivity index (χ4v) is 5.01. The van der Waals surface area contributed by atoms with Gasteiger partial charge in [-0.1, -0.05) is 0 Å². The average molecular weight is 268 g/mol. The number of hydrogen-bond donors (Lipinski definition) is 2. The van der Waals surface area contributed by atoms with Crippen LogP contribution in [0.5, 0.6) is 0 Å². The lowest BCUT2D eigenvalue weighted by Crippen LogP contribution is -1.98. The number of carbonyl (C=O) groups is 1. The van der Waals surface area contributed by atoms with Crippen molar-refractivity contribution in [3.05, 3.63) is 29.6 Å². The first-order valence-electron chi connectivity index (χ1n) is 7.45. The summed E-state index contributed by atoms with van der Waals surface area (Å²) in [6, 6.07) is 5.14. The number of aromatic carboxylic acids is 1. The molecule has 5 rings (SSSR count). The largest absolute Gasteiger partial charge is 0.478 e. The standard InChI is InChI=1S/C16H16N2O2/c19-16(20)9-3-4-10-11(6-9)18-15(17-10)14-12-7-1-2-8(5-7)13(12)14/h3-4,6-8,12-14H,1-2,5H2,(H,17,18)(H,19,20). The third-order valence-corrected chi connectivity index (χ3v) is 5.80. The number of nitrogens with one attached hydrogen (secondary N) is 1. The third kappa shape index (κ3) is 1.27. The van der Waals surface area contributed by atoms with Crippen LogP contribution < -0.4 is 0 Å². The van der Waals surface area contributed by atoms with Crippen LogP contribution in [0, 0.1) is 23.7 Å². The number of carboxylic acids is 1. The molecule has 4 unspecified atom stereocenters. The fourth-order valence-electron chi connectivity index (χ4n) is 5.01. The Hall–Kier alpha value is -1.84. The van der Waals surface area contributed by atoms with Gasteiger partial charge in [0, 0.05) is 5.92 Å². The molecule has 2 aromatic rings. The summed E-state index contributed by atoms with van der Waals surface area (Å²) >= 11 is 0. The van der Waals surface area contributed by atoms with Gasteiger partial charge in [0.05, 0.1) is 16.6 Å². The number of benzene rings is 1. The van der Waals surface area contributed by atoms with E-state index in [1.807, 2.05) is 6.07 Å². The molecule has 4 atom stereocenters. The minimum atomic E-state index is -0.885. The van der Waals surface area contributed by atoms with Gasteiger partial charge < -0.3 is 10.1 Å². The lowest BCUT2D eigenvalue weighted by Gasteiger charge is -2.05. The van der Waals surface area contributed by atoms with Crippen molar-refractivity contribution in [2.45, 2.75) is 25.2 Å².